The molecule has 0 spiro atoms. The van der Waals surface area contributed by atoms with Crippen molar-refractivity contribution >= 4 is 0 Å². The highest BCUT2D eigenvalue weighted by molar-refractivity contribution is 4.68. The van der Waals surface area contributed by atoms with Crippen molar-refractivity contribution in [1.29, 1.82) is 0 Å². The van der Waals surface area contributed by atoms with Gasteiger partial charge in [0.2, 0.25) is 0 Å². The number of hydrogen-bond acceptors (Lipinski definition) is 2. The Balaban J connectivity index is 3.58. The van der Waals surface area contributed by atoms with Gasteiger partial charge in [-0.05, 0) is 38.3 Å². The molecule has 0 amide bonds. The van der Waals surface area contributed by atoms with Crippen molar-refractivity contribution in [2.24, 2.45) is 17.6 Å². The van der Waals surface area contributed by atoms with E-state index in [-0.39, 0.29) is 0 Å². The predicted molar refractivity (Wildman–Crippen MR) is 55.1 cm³/mol. The molecule has 2 nitrogen and oxygen atoms in total. The van der Waals surface area contributed by atoms with Gasteiger partial charge in [0.15, 0.2) is 0 Å². The van der Waals surface area contributed by atoms with Crippen LogP contribution in [0.4, 0.5) is 0 Å². The first-order valence-corrected chi connectivity index (χ1v) is 5.05. The van der Waals surface area contributed by atoms with Crippen LogP contribution < -0.4 is 11.1 Å². The molecular formula is C10H24N2. The average Bonchev–Trinajstić information content (AvgIpc) is 2.04. The van der Waals surface area contributed by atoms with E-state index >= 15 is 0 Å². The lowest BCUT2D eigenvalue weighted by molar-refractivity contribution is 0.352. The number of hydrogen-bond donors (Lipinski definition) is 2. The van der Waals surface area contributed by atoms with Crippen LogP contribution in [0, 0.1) is 11.8 Å². The van der Waals surface area contributed by atoms with E-state index in [2.05, 4.69) is 33.0 Å². The summed E-state index contributed by atoms with van der Waals surface area (Å²) < 4.78 is 0. The van der Waals surface area contributed by atoms with Gasteiger partial charge in [0, 0.05) is 6.04 Å². The fourth-order valence-corrected chi connectivity index (χ4v) is 1.09. The van der Waals surface area contributed by atoms with Crippen LogP contribution in [0.3, 0.4) is 0 Å². The summed E-state index contributed by atoms with van der Waals surface area (Å²) in [5, 5.41) is 3.48. The zero-order chi connectivity index (χ0) is 9.56. The standard InChI is InChI=1S/C10H24N2/c1-5-9(4)12-7-10(6-11)8(2)3/h8-10,12H,5-7,11H2,1-4H3. The van der Waals surface area contributed by atoms with Crippen LogP contribution in [0.5, 0.6) is 0 Å². The van der Waals surface area contributed by atoms with Gasteiger partial charge in [0.05, 0.1) is 0 Å². The van der Waals surface area contributed by atoms with E-state index in [0.717, 1.165) is 13.1 Å². The molecule has 2 unspecified atom stereocenters. The van der Waals surface area contributed by atoms with Gasteiger partial charge in [-0.25, -0.2) is 0 Å². The van der Waals surface area contributed by atoms with E-state index in [1.807, 2.05) is 0 Å². The number of nitrogens with one attached hydrogen (secondary N) is 1. The van der Waals surface area contributed by atoms with Crippen molar-refractivity contribution in [1.82, 2.24) is 5.32 Å². The Morgan fingerprint density at radius 1 is 1.25 bits per heavy atom. The molecule has 74 valence electrons. The second-order valence-electron chi connectivity index (χ2n) is 3.96. The molecule has 0 heterocycles. The van der Waals surface area contributed by atoms with E-state index in [4.69, 9.17) is 5.73 Å². The molecule has 0 aromatic heterocycles. The maximum atomic E-state index is 5.66. The maximum absolute atomic E-state index is 5.66. The summed E-state index contributed by atoms with van der Waals surface area (Å²) in [5.41, 5.74) is 5.66. The van der Waals surface area contributed by atoms with Gasteiger partial charge in [-0.3, -0.25) is 0 Å². The molecule has 0 saturated heterocycles. The first-order chi connectivity index (χ1) is 5.61. The van der Waals surface area contributed by atoms with Crippen LogP contribution in [0.1, 0.15) is 34.1 Å². The lowest BCUT2D eigenvalue weighted by Gasteiger charge is -2.21. The molecule has 0 saturated carbocycles. The molecule has 0 radical (unpaired) electrons. The fourth-order valence-electron chi connectivity index (χ4n) is 1.09. The van der Waals surface area contributed by atoms with Crippen molar-refractivity contribution in [3.63, 3.8) is 0 Å². The monoisotopic (exact) mass is 172 g/mol. The zero-order valence-electron chi connectivity index (χ0n) is 8.93. The van der Waals surface area contributed by atoms with Gasteiger partial charge in [-0.1, -0.05) is 20.8 Å². The third-order valence-electron chi connectivity index (χ3n) is 2.59. The van der Waals surface area contributed by atoms with Crippen molar-refractivity contribution in [2.75, 3.05) is 13.1 Å². The lowest BCUT2D eigenvalue weighted by atomic mass is 9.96. The molecular weight excluding hydrogens is 148 g/mol. The van der Waals surface area contributed by atoms with Crippen LogP contribution in [-0.4, -0.2) is 19.1 Å². The molecule has 0 bridgehead atoms. The van der Waals surface area contributed by atoms with Crippen molar-refractivity contribution in [3.05, 3.63) is 0 Å². The fraction of sp³-hybridized carbons (Fsp3) is 1.00. The van der Waals surface area contributed by atoms with Crippen molar-refractivity contribution < 1.29 is 0 Å². The predicted octanol–water partition coefficient (Wildman–Crippen LogP) is 1.61. The summed E-state index contributed by atoms with van der Waals surface area (Å²) in [5.74, 6) is 1.31. The minimum Gasteiger partial charge on any atom is -0.330 e. The normalized spacial score (nSPS) is 16.5. The number of rotatable bonds is 6. The molecule has 0 aromatic rings. The van der Waals surface area contributed by atoms with Crippen LogP contribution >= 0.6 is 0 Å². The Morgan fingerprint density at radius 2 is 1.83 bits per heavy atom. The highest BCUT2D eigenvalue weighted by Gasteiger charge is 2.11. The summed E-state index contributed by atoms with van der Waals surface area (Å²) >= 11 is 0. The van der Waals surface area contributed by atoms with E-state index < -0.39 is 0 Å². The Hall–Kier alpha value is -0.0800. The first-order valence-electron chi connectivity index (χ1n) is 5.05. The van der Waals surface area contributed by atoms with Crippen LogP contribution in [0.25, 0.3) is 0 Å². The Morgan fingerprint density at radius 3 is 2.17 bits per heavy atom. The molecule has 12 heavy (non-hydrogen) atoms. The highest BCUT2D eigenvalue weighted by atomic mass is 14.9. The Bertz CT molecular complexity index is 102. The van der Waals surface area contributed by atoms with E-state index in [1.54, 1.807) is 0 Å². The Labute approximate surface area is 76.9 Å². The summed E-state index contributed by atoms with van der Waals surface area (Å²) in [6, 6.07) is 0.623. The first kappa shape index (κ1) is 11.9. The third-order valence-corrected chi connectivity index (χ3v) is 2.59. The summed E-state index contributed by atoms with van der Waals surface area (Å²) in [6.45, 7) is 10.7. The second kappa shape index (κ2) is 6.44. The topological polar surface area (TPSA) is 38.0 Å². The molecule has 2 heteroatoms. The third kappa shape index (κ3) is 4.73. The molecule has 0 aliphatic carbocycles. The maximum Gasteiger partial charge on any atom is 0.00362 e. The SMILES string of the molecule is CCC(C)NCC(CN)C(C)C. The summed E-state index contributed by atoms with van der Waals surface area (Å²) in [6.07, 6.45) is 1.19. The van der Waals surface area contributed by atoms with E-state index in [9.17, 15) is 0 Å². The van der Waals surface area contributed by atoms with Crippen LogP contribution in [0.15, 0.2) is 0 Å². The number of nitrogens with two attached hydrogens (primary N) is 1. The Kier molecular flexibility index (Phi) is 6.39. The molecule has 0 rings (SSSR count). The van der Waals surface area contributed by atoms with Gasteiger partial charge in [0.25, 0.3) is 0 Å². The quantitative estimate of drug-likeness (QED) is 0.639. The zero-order valence-corrected chi connectivity index (χ0v) is 8.93. The van der Waals surface area contributed by atoms with E-state index in [1.165, 1.54) is 6.42 Å². The van der Waals surface area contributed by atoms with E-state index in [0.29, 0.717) is 17.9 Å². The van der Waals surface area contributed by atoms with Crippen LogP contribution in [0.2, 0.25) is 0 Å². The summed E-state index contributed by atoms with van der Waals surface area (Å²) in [7, 11) is 0. The minimum absolute atomic E-state index is 0.623. The van der Waals surface area contributed by atoms with Gasteiger partial charge in [-0.15, -0.1) is 0 Å². The lowest BCUT2D eigenvalue weighted by Crippen LogP contribution is -2.36. The average molecular weight is 172 g/mol. The summed E-state index contributed by atoms with van der Waals surface area (Å²) in [4.78, 5) is 0. The molecule has 3 N–H and O–H groups in total. The largest absolute Gasteiger partial charge is 0.330 e. The van der Waals surface area contributed by atoms with Crippen molar-refractivity contribution in [2.45, 2.75) is 40.2 Å². The highest BCUT2D eigenvalue weighted by Crippen LogP contribution is 2.07. The molecule has 0 aliphatic heterocycles. The van der Waals surface area contributed by atoms with Crippen molar-refractivity contribution in [3.8, 4) is 0 Å². The molecule has 0 aliphatic rings. The van der Waals surface area contributed by atoms with Gasteiger partial charge in [0.1, 0.15) is 0 Å². The van der Waals surface area contributed by atoms with Gasteiger partial charge < -0.3 is 11.1 Å². The second-order valence-corrected chi connectivity index (χ2v) is 3.96. The minimum atomic E-state index is 0.623. The smallest absolute Gasteiger partial charge is 0.00362 e. The molecule has 2 atom stereocenters. The van der Waals surface area contributed by atoms with Crippen LogP contribution in [-0.2, 0) is 0 Å². The van der Waals surface area contributed by atoms with Gasteiger partial charge in [-0.2, -0.15) is 0 Å². The molecule has 0 aromatic carbocycles. The molecule has 0 fully saturated rings. The van der Waals surface area contributed by atoms with Gasteiger partial charge >= 0.3 is 0 Å².